The molecule has 1 aromatic heterocycles. The number of aromatic nitrogens is 2. The SMILES string of the molecule is N#Cc1ccc(/C=C/c2nc3ccccc3c(=O)n2Cc2ccc(F)cc2)cc1. The number of nitriles is 1. The Morgan fingerprint density at radius 2 is 1.69 bits per heavy atom. The molecule has 0 aliphatic carbocycles. The summed E-state index contributed by atoms with van der Waals surface area (Å²) in [5.41, 5.74) is 2.74. The number of benzene rings is 3. The van der Waals surface area contributed by atoms with Crippen LogP contribution < -0.4 is 5.56 Å². The van der Waals surface area contributed by atoms with E-state index in [4.69, 9.17) is 5.26 Å². The molecule has 0 unspecified atom stereocenters. The first-order valence-electron chi connectivity index (χ1n) is 9.06. The van der Waals surface area contributed by atoms with Crippen molar-refractivity contribution in [2.24, 2.45) is 0 Å². The van der Waals surface area contributed by atoms with Crippen LogP contribution >= 0.6 is 0 Å². The van der Waals surface area contributed by atoms with Gasteiger partial charge in [-0.1, -0.05) is 42.5 Å². The van der Waals surface area contributed by atoms with Gasteiger partial charge in [-0.25, -0.2) is 9.37 Å². The third-order valence-electron chi connectivity index (χ3n) is 4.61. The first-order chi connectivity index (χ1) is 14.1. The van der Waals surface area contributed by atoms with Gasteiger partial charge in [-0.3, -0.25) is 9.36 Å². The number of rotatable bonds is 4. The molecule has 0 fully saturated rings. The smallest absolute Gasteiger partial charge is 0.261 e. The van der Waals surface area contributed by atoms with Crippen LogP contribution in [0.1, 0.15) is 22.5 Å². The maximum absolute atomic E-state index is 13.2. The predicted octanol–water partition coefficient (Wildman–Crippen LogP) is 4.63. The second kappa shape index (κ2) is 7.91. The van der Waals surface area contributed by atoms with E-state index in [0.717, 1.165) is 11.1 Å². The van der Waals surface area contributed by atoms with Crippen molar-refractivity contribution in [1.29, 1.82) is 5.26 Å². The minimum Gasteiger partial charge on any atom is -0.288 e. The Hall–Kier alpha value is -4.04. The van der Waals surface area contributed by atoms with Crippen LogP contribution in [0.25, 0.3) is 23.1 Å². The normalized spacial score (nSPS) is 11.0. The molecule has 29 heavy (non-hydrogen) atoms. The molecule has 140 valence electrons. The average molecular weight is 381 g/mol. The van der Waals surface area contributed by atoms with E-state index >= 15 is 0 Å². The van der Waals surface area contributed by atoms with Crippen molar-refractivity contribution in [3.63, 3.8) is 0 Å². The Morgan fingerprint density at radius 1 is 0.966 bits per heavy atom. The van der Waals surface area contributed by atoms with Gasteiger partial charge in [-0.2, -0.15) is 5.26 Å². The Bertz CT molecular complexity index is 1300. The van der Waals surface area contributed by atoms with Gasteiger partial charge in [-0.15, -0.1) is 0 Å². The molecule has 0 saturated heterocycles. The molecule has 0 atom stereocenters. The van der Waals surface area contributed by atoms with Gasteiger partial charge in [0.15, 0.2) is 0 Å². The van der Waals surface area contributed by atoms with Gasteiger partial charge >= 0.3 is 0 Å². The molecule has 0 bridgehead atoms. The molecule has 0 N–H and O–H groups in total. The van der Waals surface area contributed by atoms with E-state index in [-0.39, 0.29) is 17.9 Å². The molecule has 4 aromatic rings. The average Bonchev–Trinajstić information content (AvgIpc) is 2.76. The Balaban J connectivity index is 1.80. The van der Waals surface area contributed by atoms with E-state index in [1.807, 2.05) is 24.3 Å². The fourth-order valence-electron chi connectivity index (χ4n) is 3.08. The lowest BCUT2D eigenvalue weighted by atomic mass is 10.1. The van der Waals surface area contributed by atoms with Gasteiger partial charge in [0.1, 0.15) is 11.6 Å². The molecule has 0 radical (unpaired) electrons. The van der Waals surface area contributed by atoms with Crippen LogP contribution in [0.2, 0.25) is 0 Å². The van der Waals surface area contributed by atoms with Crippen molar-refractivity contribution in [1.82, 2.24) is 9.55 Å². The second-order valence-corrected chi connectivity index (χ2v) is 6.57. The molecule has 4 rings (SSSR count). The lowest BCUT2D eigenvalue weighted by Crippen LogP contribution is -2.24. The van der Waals surface area contributed by atoms with Crippen LogP contribution in [0.4, 0.5) is 4.39 Å². The predicted molar refractivity (Wildman–Crippen MR) is 112 cm³/mol. The minimum atomic E-state index is -0.321. The van der Waals surface area contributed by atoms with Crippen molar-refractivity contribution in [2.75, 3.05) is 0 Å². The summed E-state index contributed by atoms with van der Waals surface area (Å²) in [4.78, 5) is 17.7. The number of halogens is 1. The van der Waals surface area contributed by atoms with Crippen molar-refractivity contribution in [3.05, 3.63) is 111 Å². The van der Waals surface area contributed by atoms with Gasteiger partial charge in [0.05, 0.1) is 29.1 Å². The molecular weight excluding hydrogens is 365 g/mol. The highest BCUT2D eigenvalue weighted by atomic mass is 19.1. The molecule has 3 aromatic carbocycles. The number of para-hydroxylation sites is 1. The van der Waals surface area contributed by atoms with Crippen LogP contribution in [-0.4, -0.2) is 9.55 Å². The Morgan fingerprint density at radius 3 is 2.41 bits per heavy atom. The second-order valence-electron chi connectivity index (χ2n) is 6.57. The van der Waals surface area contributed by atoms with Crippen molar-refractivity contribution in [3.8, 4) is 6.07 Å². The van der Waals surface area contributed by atoms with E-state index in [2.05, 4.69) is 11.1 Å². The fraction of sp³-hybridized carbons (Fsp3) is 0.0417. The Kier molecular flexibility index (Phi) is 5.00. The lowest BCUT2D eigenvalue weighted by molar-refractivity contribution is 0.626. The number of fused-ring (bicyclic) bond motifs is 1. The summed E-state index contributed by atoms with van der Waals surface area (Å²) in [5.74, 6) is 0.182. The van der Waals surface area contributed by atoms with Crippen LogP contribution in [0.3, 0.4) is 0 Å². The summed E-state index contributed by atoms with van der Waals surface area (Å²) in [6.45, 7) is 0.282. The maximum atomic E-state index is 13.2. The monoisotopic (exact) mass is 381 g/mol. The summed E-state index contributed by atoms with van der Waals surface area (Å²) < 4.78 is 14.8. The van der Waals surface area contributed by atoms with Gasteiger partial charge in [-0.05, 0) is 53.6 Å². The van der Waals surface area contributed by atoms with Gasteiger partial charge in [0.25, 0.3) is 5.56 Å². The standard InChI is InChI=1S/C24H16FN3O/c25-20-12-9-19(10-13-20)16-28-23(14-11-17-5-7-18(15-26)8-6-17)27-22-4-2-1-3-21(22)24(28)29/h1-14H,16H2/b14-11+. The molecule has 0 aliphatic heterocycles. The molecule has 0 spiro atoms. The minimum absolute atomic E-state index is 0.153. The zero-order chi connectivity index (χ0) is 20.2. The first-order valence-corrected chi connectivity index (χ1v) is 9.06. The molecule has 1 heterocycles. The van der Waals surface area contributed by atoms with Crippen molar-refractivity contribution >= 4 is 23.1 Å². The zero-order valence-electron chi connectivity index (χ0n) is 15.4. The summed E-state index contributed by atoms with van der Waals surface area (Å²) in [6, 6.07) is 22.5. The molecule has 0 amide bonds. The van der Waals surface area contributed by atoms with E-state index < -0.39 is 0 Å². The van der Waals surface area contributed by atoms with E-state index in [0.29, 0.717) is 22.3 Å². The fourth-order valence-corrected chi connectivity index (χ4v) is 3.08. The molecule has 0 saturated carbocycles. The van der Waals surface area contributed by atoms with Crippen LogP contribution in [-0.2, 0) is 6.54 Å². The summed E-state index contributed by atoms with van der Waals surface area (Å²) in [5, 5.41) is 9.45. The third-order valence-corrected chi connectivity index (χ3v) is 4.61. The van der Waals surface area contributed by atoms with Crippen LogP contribution in [0.15, 0.2) is 77.6 Å². The number of nitrogens with zero attached hydrogens (tertiary/aromatic N) is 3. The number of hydrogen-bond acceptors (Lipinski definition) is 3. The van der Waals surface area contributed by atoms with Gasteiger partial charge < -0.3 is 0 Å². The quantitative estimate of drug-likeness (QED) is 0.518. The van der Waals surface area contributed by atoms with E-state index in [1.165, 1.54) is 12.1 Å². The maximum Gasteiger partial charge on any atom is 0.261 e. The van der Waals surface area contributed by atoms with Crippen molar-refractivity contribution in [2.45, 2.75) is 6.54 Å². The highest BCUT2D eigenvalue weighted by molar-refractivity contribution is 5.79. The summed E-state index contributed by atoms with van der Waals surface area (Å²) in [7, 11) is 0. The lowest BCUT2D eigenvalue weighted by Gasteiger charge is -2.11. The largest absolute Gasteiger partial charge is 0.288 e. The van der Waals surface area contributed by atoms with Crippen LogP contribution in [0, 0.1) is 17.1 Å². The van der Waals surface area contributed by atoms with E-state index in [1.54, 1.807) is 53.1 Å². The van der Waals surface area contributed by atoms with Crippen molar-refractivity contribution < 1.29 is 4.39 Å². The highest BCUT2D eigenvalue weighted by Crippen LogP contribution is 2.14. The summed E-state index contributed by atoms with van der Waals surface area (Å²) in [6.07, 6.45) is 3.62. The topological polar surface area (TPSA) is 58.7 Å². The van der Waals surface area contributed by atoms with Crippen LogP contribution in [0.5, 0.6) is 0 Å². The zero-order valence-corrected chi connectivity index (χ0v) is 15.4. The molecule has 0 aliphatic rings. The third kappa shape index (κ3) is 3.97. The molecular formula is C24H16FN3O. The van der Waals surface area contributed by atoms with Gasteiger partial charge in [0, 0.05) is 0 Å². The van der Waals surface area contributed by atoms with Gasteiger partial charge in [0.2, 0.25) is 0 Å². The first kappa shape index (κ1) is 18.3. The molecule has 5 heteroatoms. The molecule has 4 nitrogen and oxygen atoms in total. The highest BCUT2D eigenvalue weighted by Gasteiger charge is 2.10. The Labute approximate surface area is 166 Å². The van der Waals surface area contributed by atoms with E-state index in [9.17, 15) is 9.18 Å². The summed E-state index contributed by atoms with van der Waals surface area (Å²) >= 11 is 0. The number of hydrogen-bond donors (Lipinski definition) is 0.